The van der Waals surface area contributed by atoms with Gasteiger partial charge in [0.2, 0.25) is 11.8 Å². The van der Waals surface area contributed by atoms with Gasteiger partial charge in [-0.2, -0.15) is 0 Å². The number of nitrogens with one attached hydrogen (secondary N) is 2. The minimum absolute atomic E-state index is 0.234. The molecular weight excluding hydrogens is 368 g/mol. The van der Waals surface area contributed by atoms with Gasteiger partial charge in [0.1, 0.15) is 16.9 Å². The molecule has 27 heavy (non-hydrogen) atoms. The van der Waals surface area contributed by atoms with E-state index in [-0.39, 0.29) is 6.54 Å². The van der Waals surface area contributed by atoms with E-state index in [9.17, 15) is 9.59 Å². The standard InChI is InChI=1S/C20H23ClN2O4/c1-20(2,18(24)22-12-13-7-5-6-8-15(13)21)19(25)23-16-11-14(26-3)9-10-17(16)27-4/h5-11H,12H2,1-4H3,(H,22,24)(H,23,25). The van der Waals surface area contributed by atoms with Crippen LogP contribution < -0.4 is 20.1 Å². The predicted octanol–water partition coefficient (Wildman–Crippen LogP) is 3.64. The van der Waals surface area contributed by atoms with Crippen LogP contribution in [0, 0.1) is 5.41 Å². The lowest BCUT2D eigenvalue weighted by Gasteiger charge is -2.23. The average molecular weight is 391 g/mol. The number of rotatable bonds is 7. The summed E-state index contributed by atoms with van der Waals surface area (Å²) in [6.07, 6.45) is 0. The number of amides is 2. The lowest BCUT2D eigenvalue weighted by molar-refractivity contribution is -0.138. The van der Waals surface area contributed by atoms with Crippen molar-refractivity contribution in [3.8, 4) is 11.5 Å². The second kappa shape index (κ2) is 8.77. The minimum Gasteiger partial charge on any atom is -0.497 e. The molecule has 0 unspecified atom stereocenters. The average Bonchev–Trinajstić information content (AvgIpc) is 2.66. The first-order valence-electron chi connectivity index (χ1n) is 8.34. The van der Waals surface area contributed by atoms with Gasteiger partial charge in [-0.3, -0.25) is 9.59 Å². The molecule has 7 heteroatoms. The van der Waals surface area contributed by atoms with Gasteiger partial charge in [0.15, 0.2) is 0 Å². The maximum Gasteiger partial charge on any atom is 0.239 e. The molecule has 0 aliphatic carbocycles. The van der Waals surface area contributed by atoms with Crippen molar-refractivity contribution >= 4 is 29.1 Å². The van der Waals surface area contributed by atoms with Crippen LogP contribution in [0.2, 0.25) is 5.02 Å². The molecule has 0 atom stereocenters. The molecule has 2 aromatic carbocycles. The van der Waals surface area contributed by atoms with E-state index < -0.39 is 17.2 Å². The van der Waals surface area contributed by atoms with Crippen LogP contribution in [0.15, 0.2) is 42.5 Å². The lowest BCUT2D eigenvalue weighted by atomic mass is 9.90. The fourth-order valence-electron chi connectivity index (χ4n) is 2.33. The van der Waals surface area contributed by atoms with Crippen molar-refractivity contribution in [3.63, 3.8) is 0 Å². The summed E-state index contributed by atoms with van der Waals surface area (Å²) in [6.45, 7) is 3.34. The number of halogens is 1. The minimum atomic E-state index is -1.31. The Kier molecular flexibility index (Phi) is 6.69. The summed E-state index contributed by atoms with van der Waals surface area (Å²) >= 11 is 6.10. The van der Waals surface area contributed by atoms with E-state index in [2.05, 4.69) is 10.6 Å². The van der Waals surface area contributed by atoms with Gasteiger partial charge in [-0.1, -0.05) is 29.8 Å². The summed E-state index contributed by atoms with van der Waals surface area (Å²) in [5.41, 5.74) is -0.109. The highest BCUT2D eigenvalue weighted by atomic mass is 35.5. The molecular formula is C20H23ClN2O4. The van der Waals surface area contributed by atoms with Crippen LogP contribution in [0.4, 0.5) is 5.69 Å². The van der Waals surface area contributed by atoms with E-state index >= 15 is 0 Å². The summed E-state index contributed by atoms with van der Waals surface area (Å²) in [4.78, 5) is 25.3. The van der Waals surface area contributed by atoms with Crippen LogP contribution >= 0.6 is 11.6 Å². The zero-order valence-corrected chi connectivity index (χ0v) is 16.5. The van der Waals surface area contributed by atoms with Crippen LogP contribution in [0.25, 0.3) is 0 Å². The Bertz CT molecular complexity index is 836. The Labute approximate surface area is 163 Å². The molecule has 0 saturated carbocycles. The van der Waals surface area contributed by atoms with Gasteiger partial charge in [0, 0.05) is 17.6 Å². The van der Waals surface area contributed by atoms with Crippen LogP contribution in [0.3, 0.4) is 0 Å². The molecule has 0 radical (unpaired) electrons. The van der Waals surface area contributed by atoms with Crippen molar-refractivity contribution in [3.05, 3.63) is 53.1 Å². The van der Waals surface area contributed by atoms with E-state index in [1.54, 1.807) is 38.1 Å². The van der Waals surface area contributed by atoms with Crippen molar-refractivity contribution in [1.29, 1.82) is 0 Å². The summed E-state index contributed by atoms with van der Waals surface area (Å²) < 4.78 is 10.4. The fourth-order valence-corrected chi connectivity index (χ4v) is 2.53. The van der Waals surface area contributed by atoms with Gasteiger partial charge in [-0.25, -0.2) is 0 Å². The monoisotopic (exact) mass is 390 g/mol. The number of carbonyl (C=O) groups excluding carboxylic acids is 2. The number of anilines is 1. The van der Waals surface area contributed by atoms with Crippen LogP contribution in [0.5, 0.6) is 11.5 Å². The van der Waals surface area contributed by atoms with Gasteiger partial charge in [0.05, 0.1) is 19.9 Å². The molecule has 144 valence electrons. The Hall–Kier alpha value is -2.73. The lowest BCUT2D eigenvalue weighted by Crippen LogP contribution is -2.44. The van der Waals surface area contributed by atoms with Crippen LogP contribution in [0.1, 0.15) is 19.4 Å². The van der Waals surface area contributed by atoms with Gasteiger partial charge in [0.25, 0.3) is 0 Å². The van der Waals surface area contributed by atoms with Gasteiger partial charge in [-0.05, 0) is 37.6 Å². The second-order valence-corrected chi connectivity index (χ2v) is 6.83. The van der Waals surface area contributed by atoms with Crippen molar-refractivity contribution < 1.29 is 19.1 Å². The molecule has 0 heterocycles. The number of hydrogen-bond donors (Lipinski definition) is 2. The van der Waals surface area contributed by atoms with Gasteiger partial charge >= 0.3 is 0 Å². The molecule has 2 rings (SSSR count). The summed E-state index contributed by atoms with van der Waals surface area (Å²) in [7, 11) is 3.03. The maximum atomic E-state index is 12.7. The molecule has 0 spiro atoms. The molecule has 0 aromatic heterocycles. The van der Waals surface area contributed by atoms with E-state index in [1.165, 1.54) is 14.2 Å². The van der Waals surface area contributed by atoms with Crippen LogP contribution in [-0.2, 0) is 16.1 Å². The van der Waals surface area contributed by atoms with Gasteiger partial charge < -0.3 is 20.1 Å². The highest BCUT2D eigenvalue weighted by Gasteiger charge is 2.36. The van der Waals surface area contributed by atoms with E-state index in [1.807, 2.05) is 18.2 Å². The van der Waals surface area contributed by atoms with Crippen molar-refractivity contribution in [2.45, 2.75) is 20.4 Å². The van der Waals surface area contributed by atoms with E-state index in [0.29, 0.717) is 22.2 Å². The third-order valence-electron chi connectivity index (χ3n) is 4.19. The number of methoxy groups -OCH3 is 2. The normalized spacial score (nSPS) is 10.9. The number of benzene rings is 2. The topological polar surface area (TPSA) is 76.7 Å². The molecule has 0 saturated heterocycles. The second-order valence-electron chi connectivity index (χ2n) is 6.42. The molecule has 0 fully saturated rings. The SMILES string of the molecule is COc1ccc(OC)c(NC(=O)C(C)(C)C(=O)NCc2ccccc2Cl)c1. The first kappa shape index (κ1) is 20.6. The smallest absolute Gasteiger partial charge is 0.239 e. The summed E-state index contributed by atoms with van der Waals surface area (Å²) in [5.74, 6) is 0.149. The predicted molar refractivity (Wildman–Crippen MR) is 105 cm³/mol. The molecule has 0 bridgehead atoms. The van der Waals surface area contributed by atoms with E-state index in [4.69, 9.17) is 21.1 Å². The fraction of sp³-hybridized carbons (Fsp3) is 0.300. The Morgan fingerprint density at radius 3 is 2.37 bits per heavy atom. The Morgan fingerprint density at radius 1 is 1.04 bits per heavy atom. The van der Waals surface area contributed by atoms with Crippen molar-refractivity contribution in [1.82, 2.24) is 5.32 Å². The van der Waals surface area contributed by atoms with E-state index in [0.717, 1.165) is 5.56 Å². The molecule has 2 amide bonds. The molecule has 2 aromatic rings. The Balaban J connectivity index is 2.10. The van der Waals surface area contributed by atoms with Crippen LogP contribution in [-0.4, -0.2) is 26.0 Å². The highest BCUT2D eigenvalue weighted by molar-refractivity contribution is 6.31. The number of ether oxygens (including phenoxy) is 2. The highest BCUT2D eigenvalue weighted by Crippen LogP contribution is 2.30. The van der Waals surface area contributed by atoms with Crippen molar-refractivity contribution in [2.75, 3.05) is 19.5 Å². The third-order valence-corrected chi connectivity index (χ3v) is 4.56. The maximum absolute atomic E-state index is 12.7. The molecule has 0 aliphatic rings. The summed E-state index contributed by atoms with van der Waals surface area (Å²) in [5, 5.41) is 6.05. The number of carbonyl (C=O) groups is 2. The zero-order chi connectivity index (χ0) is 20.0. The third kappa shape index (κ3) is 4.92. The first-order chi connectivity index (χ1) is 12.8. The quantitative estimate of drug-likeness (QED) is 0.707. The Morgan fingerprint density at radius 2 is 1.74 bits per heavy atom. The largest absolute Gasteiger partial charge is 0.497 e. The summed E-state index contributed by atoms with van der Waals surface area (Å²) in [6, 6.07) is 12.2. The first-order valence-corrected chi connectivity index (χ1v) is 8.72. The molecule has 6 nitrogen and oxygen atoms in total. The molecule has 0 aliphatic heterocycles. The zero-order valence-electron chi connectivity index (χ0n) is 15.8. The molecule has 2 N–H and O–H groups in total. The van der Waals surface area contributed by atoms with Crippen molar-refractivity contribution in [2.24, 2.45) is 5.41 Å². The number of hydrogen-bond acceptors (Lipinski definition) is 4. The van der Waals surface area contributed by atoms with Gasteiger partial charge in [-0.15, -0.1) is 0 Å².